The van der Waals surface area contributed by atoms with E-state index in [4.69, 9.17) is 17.3 Å². The highest BCUT2D eigenvalue weighted by Gasteiger charge is 2.22. The molecule has 0 aliphatic heterocycles. The third-order valence-electron chi connectivity index (χ3n) is 1.99. The molecule has 0 aliphatic rings. The third-order valence-corrected chi connectivity index (χ3v) is 2.40. The number of nitrogens with two attached hydrogens (primary N) is 1. The SMILES string of the molecule is Cc1c(Cl)ccc(F)c1C(C)(C)N. The lowest BCUT2D eigenvalue weighted by Crippen LogP contribution is -2.31. The van der Waals surface area contributed by atoms with Crippen LogP contribution in [0.5, 0.6) is 0 Å². The fourth-order valence-corrected chi connectivity index (χ4v) is 1.60. The summed E-state index contributed by atoms with van der Waals surface area (Å²) in [5, 5.41) is 0.551. The van der Waals surface area contributed by atoms with Crippen molar-refractivity contribution in [1.82, 2.24) is 0 Å². The van der Waals surface area contributed by atoms with Crippen molar-refractivity contribution in [2.75, 3.05) is 0 Å². The molecule has 0 radical (unpaired) electrons. The molecule has 3 heteroatoms. The van der Waals surface area contributed by atoms with Gasteiger partial charge in [0, 0.05) is 16.1 Å². The Balaban J connectivity index is 3.43. The zero-order valence-electron chi connectivity index (χ0n) is 7.99. The van der Waals surface area contributed by atoms with Gasteiger partial charge in [-0.25, -0.2) is 4.39 Å². The third kappa shape index (κ3) is 2.01. The van der Waals surface area contributed by atoms with Gasteiger partial charge < -0.3 is 5.73 Å². The molecule has 13 heavy (non-hydrogen) atoms. The van der Waals surface area contributed by atoms with Crippen molar-refractivity contribution in [3.05, 3.63) is 34.1 Å². The van der Waals surface area contributed by atoms with Crippen LogP contribution in [0, 0.1) is 12.7 Å². The lowest BCUT2D eigenvalue weighted by Gasteiger charge is -2.22. The minimum atomic E-state index is -0.695. The van der Waals surface area contributed by atoms with Crippen molar-refractivity contribution in [2.24, 2.45) is 5.73 Å². The summed E-state index contributed by atoms with van der Waals surface area (Å²) in [5.41, 5.74) is 6.34. The van der Waals surface area contributed by atoms with Gasteiger partial charge in [-0.05, 0) is 38.5 Å². The first-order valence-corrected chi connectivity index (χ1v) is 4.46. The van der Waals surface area contributed by atoms with Crippen LogP contribution in [0.4, 0.5) is 4.39 Å². The zero-order valence-corrected chi connectivity index (χ0v) is 8.74. The fraction of sp³-hybridized carbons (Fsp3) is 0.400. The average molecular weight is 202 g/mol. The molecule has 0 fully saturated rings. The molecule has 0 unspecified atom stereocenters. The molecular formula is C10H13ClFN. The van der Waals surface area contributed by atoms with E-state index in [0.717, 1.165) is 0 Å². The molecule has 0 saturated heterocycles. The van der Waals surface area contributed by atoms with Crippen molar-refractivity contribution in [3.8, 4) is 0 Å². The van der Waals surface area contributed by atoms with E-state index in [-0.39, 0.29) is 5.82 Å². The van der Waals surface area contributed by atoms with Crippen LogP contribution >= 0.6 is 11.6 Å². The van der Waals surface area contributed by atoms with E-state index in [1.165, 1.54) is 6.07 Å². The van der Waals surface area contributed by atoms with Gasteiger partial charge in [0.05, 0.1) is 0 Å². The lowest BCUT2D eigenvalue weighted by atomic mass is 9.91. The molecule has 1 aromatic carbocycles. The fourth-order valence-electron chi connectivity index (χ4n) is 1.44. The van der Waals surface area contributed by atoms with Crippen LogP contribution in [0.25, 0.3) is 0 Å². The molecule has 0 amide bonds. The van der Waals surface area contributed by atoms with Crippen LogP contribution in [0.3, 0.4) is 0 Å². The zero-order chi connectivity index (χ0) is 10.2. The second-order valence-electron chi connectivity index (χ2n) is 3.75. The van der Waals surface area contributed by atoms with Crippen LogP contribution in [0.2, 0.25) is 5.02 Å². The van der Waals surface area contributed by atoms with Crippen molar-refractivity contribution in [3.63, 3.8) is 0 Å². The molecule has 72 valence electrons. The van der Waals surface area contributed by atoms with Crippen LogP contribution in [0.15, 0.2) is 12.1 Å². The molecule has 0 aromatic heterocycles. The Morgan fingerprint density at radius 2 is 1.92 bits per heavy atom. The molecule has 0 bridgehead atoms. The standard InChI is InChI=1S/C10H13ClFN/c1-6-7(11)4-5-8(12)9(6)10(2,3)13/h4-5H,13H2,1-3H3. The highest BCUT2D eigenvalue weighted by Crippen LogP contribution is 2.28. The molecule has 0 aliphatic carbocycles. The highest BCUT2D eigenvalue weighted by molar-refractivity contribution is 6.31. The van der Waals surface area contributed by atoms with Gasteiger partial charge in [0.15, 0.2) is 0 Å². The first kappa shape index (κ1) is 10.5. The molecule has 0 heterocycles. The van der Waals surface area contributed by atoms with Gasteiger partial charge in [-0.3, -0.25) is 0 Å². The maximum Gasteiger partial charge on any atom is 0.128 e. The maximum absolute atomic E-state index is 13.4. The van der Waals surface area contributed by atoms with E-state index in [2.05, 4.69) is 0 Å². The Labute approximate surface area is 82.7 Å². The molecule has 0 atom stereocenters. The van der Waals surface area contributed by atoms with Crippen molar-refractivity contribution >= 4 is 11.6 Å². The van der Waals surface area contributed by atoms with E-state index >= 15 is 0 Å². The summed E-state index contributed by atoms with van der Waals surface area (Å²) in [6.45, 7) is 5.29. The number of halogens is 2. The van der Waals surface area contributed by atoms with Crippen LogP contribution < -0.4 is 5.73 Å². The van der Waals surface area contributed by atoms with E-state index in [1.807, 2.05) is 0 Å². The first-order chi connectivity index (χ1) is 5.84. The predicted molar refractivity (Wildman–Crippen MR) is 53.4 cm³/mol. The van der Waals surface area contributed by atoms with Gasteiger partial charge in [-0.15, -0.1) is 0 Å². The average Bonchev–Trinajstić information content (AvgIpc) is 1.95. The Morgan fingerprint density at radius 1 is 1.38 bits per heavy atom. The van der Waals surface area contributed by atoms with Crippen LogP contribution in [-0.4, -0.2) is 0 Å². The van der Waals surface area contributed by atoms with Gasteiger partial charge in [-0.2, -0.15) is 0 Å². The Hall–Kier alpha value is -0.600. The summed E-state index contributed by atoms with van der Waals surface area (Å²) in [6, 6.07) is 2.89. The normalized spacial score (nSPS) is 11.8. The largest absolute Gasteiger partial charge is 0.322 e. The minimum absolute atomic E-state index is 0.297. The van der Waals surface area contributed by atoms with Gasteiger partial charge in [0.25, 0.3) is 0 Å². The predicted octanol–water partition coefficient (Wildman–Crippen LogP) is 2.98. The highest BCUT2D eigenvalue weighted by atomic mass is 35.5. The Kier molecular flexibility index (Phi) is 2.64. The molecule has 1 aromatic rings. The Morgan fingerprint density at radius 3 is 2.31 bits per heavy atom. The van der Waals surface area contributed by atoms with Crippen molar-refractivity contribution in [1.29, 1.82) is 0 Å². The quantitative estimate of drug-likeness (QED) is 0.743. The summed E-state index contributed by atoms with van der Waals surface area (Å²) in [6.07, 6.45) is 0. The topological polar surface area (TPSA) is 26.0 Å². The van der Waals surface area contributed by atoms with Gasteiger partial charge in [0.1, 0.15) is 5.82 Å². The molecule has 1 nitrogen and oxygen atoms in total. The molecule has 0 spiro atoms. The summed E-state index contributed by atoms with van der Waals surface area (Å²) in [4.78, 5) is 0. The van der Waals surface area contributed by atoms with E-state index in [9.17, 15) is 4.39 Å². The van der Waals surface area contributed by atoms with Crippen LogP contribution in [0.1, 0.15) is 25.0 Å². The van der Waals surface area contributed by atoms with Gasteiger partial charge in [0.2, 0.25) is 0 Å². The number of benzene rings is 1. The van der Waals surface area contributed by atoms with E-state index in [1.54, 1.807) is 26.8 Å². The number of rotatable bonds is 1. The number of hydrogen-bond donors (Lipinski definition) is 1. The lowest BCUT2D eigenvalue weighted by molar-refractivity contribution is 0.498. The second-order valence-corrected chi connectivity index (χ2v) is 4.16. The molecular weight excluding hydrogens is 189 g/mol. The second kappa shape index (κ2) is 3.28. The van der Waals surface area contributed by atoms with E-state index < -0.39 is 5.54 Å². The monoisotopic (exact) mass is 201 g/mol. The van der Waals surface area contributed by atoms with Crippen LogP contribution in [-0.2, 0) is 5.54 Å². The Bertz CT molecular complexity index is 328. The van der Waals surface area contributed by atoms with Crippen molar-refractivity contribution < 1.29 is 4.39 Å². The first-order valence-electron chi connectivity index (χ1n) is 4.08. The summed E-state index contributed by atoms with van der Waals surface area (Å²) in [7, 11) is 0. The maximum atomic E-state index is 13.4. The summed E-state index contributed by atoms with van der Waals surface area (Å²) < 4.78 is 13.4. The van der Waals surface area contributed by atoms with Gasteiger partial charge in [-0.1, -0.05) is 11.6 Å². The smallest absolute Gasteiger partial charge is 0.128 e. The molecule has 2 N–H and O–H groups in total. The van der Waals surface area contributed by atoms with Gasteiger partial charge >= 0.3 is 0 Å². The van der Waals surface area contributed by atoms with Crippen molar-refractivity contribution in [2.45, 2.75) is 26.3 Å². The minimum Gasteiger partial charge on any atom is -0.322 e. The number of hydrogen-bond acceptors (Lipinski definition) is 1. The van der Waals surface area contributed by atoms with E-state index in [0.29, 0.717) is 16.1 Å². The molecule has 0 saturated carbocycles. The molecule has 1 rings (SSSR count). The summed E-state index contributed by atoms with van der Waals surface area (Å²) >= 11 is 5.87. The summed E-state index contributed by atoms with van der Waals surface area (Å²) in [5.74, 6) is -0.297.